The van der Waals surface area contributed by atoms with Gasteiger partial charge >= 0.3 is 0 Å². The van der Waals surface area contributed by atoms with Gasteiger partial charge in [-0.15, -0.1) is 0 Å². The van der Waals surface area contributed by atoms with Crippen LogP contribution in [0.25, 0.3) is 0 Å². The molecule has 0 saturated carbocycles. The molecule has 1 saturated heterocycles. The van der Waals surface area contributed by atoms with Gasteiger partial charge in [-0.25, -0.2) is 9.97 Å². The molecule has 0 bridgehead atoms. The molecule has 0 amide bonds. The second-order valence-corrected chi connectivity index (χ2v) is 3.37. The lowest BCUT2D eigenvalue weighted by atomic mass is 10.3. The molecular weight excluding hydrogens is 178 g/mol. The standard InChI is InChI=1S/C9H11N5/c10-3-7-4-12-6-13-9(7)14-2-1-8(11)5-14/h4,6,8H,1-2,5,11H2/t8-/m1/s1. The molecule has 2 rings (SSSR count). The van der Waals surface area contributed by atoms with Crippen molar-refractivity contribution in [3.63, 3.8) is 0 Å². The van der Waals surface area contributed by atoms with E-state index in [9.17, 15) is 0 Å². The van der Waals surface area contributed by atoms with Crippen LogP contribution in [-0.4, -0.2) is 29.1 Å². The van der Waals surface area contributed by atoms with Crippen molar-refractivity contribution in [1.82, 2.24) is 9.97 Å². The molecule has 0 radical (unpaired) electrons. The predicted molar refractivity (Wildman–Crippen MR) is 51.6 cm³/mol. The summed E-state index contributed by atoms with van der Waals surface area (Å²) in [7, 11) is 0. The fraction of sp³-hybridized carbons (Fsp3) is 0.444. The number of rotatable bonds is 1. The first-order chi connectivity index (χ1) is 6.81. The van der Waals surface area contributed by atoms with E-state index >= 15 is 0 Å². The number of aromatic nitrogens is 2. The van der Waals surface area contributed by atoms with Gasteiger partial charge in [-0.05, 0) is 6.42 Å². The number of anilines is 1. The molecule has 2 N–H and O–H groups in total. The minimum absolute atomic E-state index is 0.191. The summed E-state index contributed by atoms with van der Waals surface area (Å²) < 4.78 is 0. The lowest BCUT2D eigenvalue weighted by Crippen LogP contribution is -2.27. The average Bonchev–Trinajstić information content (AvgIpc) is 2.65. The first-order valence-corrected chi connectivity index (χ1v) is 4.52. The lowest BCUT2D eigenvalue weighted by Gasteiger charge is -2.16. The van der Waals surface area contributed by atoms with Crippen molar-refractivity contribution in [2.75, 3.05) is 18.0 Å². The van der Waals surface area contributed by atoms with E-state index in [-0.39, 0.29) is 6.04 Å². The van der Waals surface area contributed by atoms with Crippen molar-refractivity contribution in [1.29, 1.82) is 5.26 Å². The van der Waals surface area contributed by atoms with E-state index in [2.05, 4.69) is 16.0 Å². The highest BCUT2D eigenvalue weighted by molar-refractivity contribution is 5.52. The Bertz CT molecular complexity index is 370. The van der Waals surface area contributed by atoms with Gasteiger partial charge < -0.3 is 10.6 Å². The van der Waals surface area contributed by atoms with Gasteiger partial charge in [0.05, 0.1) is 6.20 Å². The molecule has 14 heavy (non-hydrogen) atoms. The van der Waals surface area contributed by atoms with Crippen LogP contribution in [0.1, 0.15) is 12.0 Å². The molecule has 1 aromatic rings. The van der Waals surface area contributed by atoms with Gasteiger partial charge in [-0.3, -0.25) is 0 Å². The van der Waals surface area contributed by atoms with Gasteiger partial charge in [0.2, 0.25) is 0 Å². The highest BCUT2D eigenvalue weighted by Gasteiger charge is 2.22. The van der Waals surface area contributed by atoms with Crippen LogP contribution in [0.3, 0.4) is 0 Å². The van der Waals surface area contributed by atoms with E-state index in [1.807, 2.05) is 4.90 Å². The average molecular weight is 189 g/mol. The fourth-order valence-corrected chi connectivity index (χ4v) is 1.63. The third-order valence-corrected chi connectivity index (χ3v) is 2.34. The Labute approximate surface area is 82.2 Å². The van der Waals surface area contributed by atoms with E-state index in [0.29, 0.717) is 11.4 Å². The normalized spacial score (nSPS) is 20.9. The van der Waals surface area contributed by atoms with Gasteiger partial charge in [-0.1, -0.05) is 0 Å². The summed E-state index contributed by atoms with van der Waals surface area (Å²) in [5.41, 5.74) is 6.30. The zero-order valence-electron chi connectivity index (χ0n) is 7.72. The summed E-state index contributed by atoms with van der Waals surface area (Å²) >= 11 is 0. The van der Waals surface area contributed by atoms with Crippen LogP contribution in [0.2, 0.25) is 0 Å². The van der Waals surface area contributed by atoms with E-state index in [4.69, 9.17) is 11.0 Å². The zero-order chi connectivity index (χ0) is 9.97. The maximum absolute atomic E-state index is 8.86. The van der Waals surface area contributed by atoms with Crippen LogP contribution in [-0.2, 0) is 0 Å². The summed E-state index contributed by atoms with van der Waals surface area (Å²) in [5, 5.41) is 8.86. The molecule has 0 aromatic carbocycles. The minimum Gasteiger partial charge on any atom is -0.354 e. The topological polar surface area (TPSA) is 78.8 Å². The molecular formula is C9H11N5. The zero-order valence-corrected chi connectivity index (χ0v) is 7.72. The number of nitrogens with two attached hydrogens (primary N) is 1. The molecule has 1 fully saturated rings. The molecule has 1 aromatic heterocycles. The second-order valence-electron chi connectivity index (χ2n) is 3.37. The van der Waals surface area contributed by atoms with Crippen molar-refractivity contribution < 1.29 is 0 Å². The summed E-state index contributed by atoms with van der Waals surface area (Å²) in [6.07, 6.45) is 3.95. The molecule has 1 aliphatic heterocycles. The Morgan fingerprint density at radius 3 is 3.14 bits per heavy atom. The summed E-state index contributed by atoms with van der Waals surface area (Å²) in [6.45, 7) is 1.64. The number of hydrogen-bond donors (Lipinski definition) is 1. The summed E-state index contributed by atoms with van der Waals surface area (Å²) in [5.74, 6) is 0.704. The highest BCUT2D eigenvalue weighted by Crippen LogP contribution is 2.19. The van der Waals surface area contributed by atoms with Crippen LogP contribution in [0.15, 0.2) is 12.5 Å². The Kier molecular flexibility index (Phi) is 2.29. The first kappa shape index (κ1) is 8.91. The van der Waals surface area contributed by atoms with Crippen molar-refractivity contribution in [2.45, 2.75) is 12.5 Å². The molecule has 72 valence electrons. The monoisotopic (exact) mass is 189 g/mol. The molecule has 1 atom stereocenters. The van der Waals surface area contributed by atoms with Crippen molar-refractivity contribution in [3.8, 4) is 6.07 Å². The molecule has 0 aliphatic carbocycles. The number of hydrogen-bond acceptors (Lipinski definition) is 5. The van der Waals surface area contributed by atoms with Gasteiger partial charge in [0, 0.05) is 19.1 Å². The summed E-state index contributed by atoms with van der Waals surface area (Å²) in [4.78, 5) is 9.95. The largest absolute Gasteiger partial charge is 0.354 e. The van der Waals surface area contributed by atoms with Crippen molar-refractivity contribution >= 4 is 5.82 Å². The summed E-state index contributed by atoms with van der Waals surface area (Å²) in [6, 6.07) is 2.27. The second kappa shape index (κ2) is 3.60. The molecule has 5 nitrogen and oxygen atoms in total. The Balaban J connectivity index is 2.28. The Hall–Kier alpha value is -1.67. The van der Waals surface area contributed by atoms with Crippen molar-refractivity contribution in [3.05, 3.63) is 18.1 Å². The highest BCUT2D eigenvalue weighted by atomic mass is 15.2. The predicted octanol–water partition coefficient (Wildman–Crippen LogP) is -0.114. The molecule has 1 aliphatic rings. The third-order valence-electron chi connectivity index (χ3n) is 2.34. The van der Waals surface area contributed by atoms with Crippen molar-refractivity contribution in [2.24, 2.45) is 5.73 Å². The van der Waals surface area contributed by atoms with E-state index in [1.54, 1.807) is 0 Å². The number of nitriles is 1. The third kappa shape index (κ3) is 1.52. The van der Waals surface area contributed by atoms with E-state index in [1.165, 1.54) is 12.5 Å². The van der Waals surface area contributed by atoms with E-state index in [0.717, 1.165) is 19.5 Å². The van der Waals surface area contributed by atoms with Crippen LogP contribution < -0.4 is 10.6 Å². The molecule has 2 heterocycles. The maximum Gasteiger partial charge on any atom is 0.150 e. The Morgan fingerprint density at radius 1 is 1.64 bits per heavy atom. The smallest absolute Gasteiger partial charge is 0.150 e. The molecule has 0 unspecified atom stereocenters. The SMILES string of the molecule is N#Cc1cncnc1N1CC[C@@H](N)C1. The van der Waals surface area contributed by atoms with Gasteiger partial charge in [0.15, 0.2) is 0 Å². The van der Waals surface area contributed by atoms with Crippen LogP contribution in [0.5, 0.6) is 0 Å². The first-order valence-electron chi connectivity index (χ1n) is 4.52. The Morgan fingerprint density at radius 2 is 2.50 bits per heavy atom. The maximum atomic E-state index is 8.86. The quantitative estimate of drug-likeness (QED) is 0.666. The van der Waals surface area contributed by atoms with Crippen LogP contribution in [0, 0.1) is 11.3 Å². The van der Waals surface area contributed by atoms with Gasteiger partial charge in [-0.2, -0.15) is 5.26 Å². The van der Waals surface area contributed by atoms with E-state index < -0.39 is 0 Å². The minimum atomic E-state index is 0.191. The number of nitrogens with zero attached hydrogens (tertiary/aromatic N) is 4. The van der Waals surface area contributed by atoms with Crippen LogP contribution >= 0.6 is 0 Å². The van der Waals surface area contributed by atoms with Crippen LogP contribution in [0.4, 0.5) is 5.82 Å². The molecule has 0 spiro atoms. The van der Waals surface area contributed by atoms with Gasteiger partial charge in [0.25, 0.3) is 0 Å². The van der Waals surface area contributed by atoms with Gasteiger partial charge in [0.1, 0.15) is 23.8 Å². The molecule has 5 heteroatoms. The lowest BCUT2D eigenvalue weighted by molar-refractivity contribution is 0.751. The fourth-order valence-electron chi connectivity index (χ4n) is 1.63.